The SMILES string of the molecule is COC(=O)c1ccc(C(=O)CS(=O)(=O)c2ccc(C)cc2)cc1. The van der Waals surface area contributed by atoms with E-state index in [2.05, 4.69) is 4.74 Å². The van der Waals surface area contributed by atoms with Crippen molar-refractivity contribution >= 4 is 21.6 Å². The van der Waals surface area contributed by atoms with Crippen molar-refractivity contribution in [2.75, 3.05) is 12.9 Å². The fraction of sp³-hybridized carbons (Fsp3) is 0.176. The Hall–Kier alpha value is -2.47. The van der Waals surface area contributed by atoms with Gasteiger partial charge in [-0.15, -0.1) is 0 Å². The minimum atomic E-state index is -3.70. The number of ether oxygens (including phenoxy) is 1. The van der Waals surface area contributed by atoms with Crippen LogP contribution in [0.2, 0.25) is 0 Å². The van der Waals surface area contributed by atoms with Gasteiger partial charge in [-0.25, -0.2) is 13.2 Å². The lowest BCUT2D eigenvalue weighted by Crippen LogP contribution is -2.16. The Morgan fingerprint density at radius 3 is 1.96 bits per heavy atom. The van der Waals surface area contributed by atoms with Gasteiger partial charge in [0.1, 0.15) is 5.75 Å². The summed E-state index contributed by atoms with van der Waals surface area (Å²) in [5, 5.41) is 0. The third-order valence-electron chi connectivity index (χ3n) is 3.33. The molecule has 0 heterocycles. The first-order valence-electron chi connectivity index (χ1n) is 6.84. The summed E-state index contributed by atoms with van der Waals surface area (Å²) in [6.07, 6.45) is 0. The van der Waals surface area contributed by atoms with E-state index in [0.717, 1.165) is 5.56 Å². The van der Waals surface area contributed by atoms with E-state index in [0.29, 0.717) is 5.56 Å². The van der Waals surface area contributed by atoms with Crippen LogP contribution in [-0.4, -0.2) is 33.0 Å². The van der Waals surface area contributed by atoms with E-state index in [-0.39, 0.29) is 10.5 Å². The molecule has 0 atom stereocenters. The highest BCUT2D eigenvalue weighted by Gasteiger charge is 2.20. The molecule has 0 amide bonds. The van der Waals surface area contributed by atoms with Crippen molar-refractivity contribution in [1.29, 1.82) is 0 Å². The Bertz CT molecular complexity index is 818. The minimum absolute atomic E-state index is 0.114. The van der Waals surface area contributed by atoms with E-state index in [9.17, 15) is 18.0 Å². The van der Waals surface area contributed by atoms with E-state index in [1.165, 1.54) is 43.5 Å². The zero-order valence-corrected chi connectivity index (χ0v) is 13.6. The Labute approximate surface area is 134 Å². The van der Waals surface area contributed by atoms with Crippen LogP contribution in [0.3, 0.4) is 0 Å². The molecular formula is C17H16O5S. The molecule has 0 aliphatic carbocycles. The Morgan fingerprint density at radius 2 is 1.43 bits per heavy atom. The Morgan fingerprint density at radius 1 is 0.913 bits per heavy atom. The number of aryl methyl sites for hydroxylation is 1. The number of carbonyl (C=O) groups is 2. The van der Waals surface area contributed by atoms with Crippen LogP contribution in [-0.2, 0) is 14.6 Å². The molecule has 2 rings (SSSR count). The van der Waals surface area contributed by atoms with Crippen LogP contribution in [0.5, 0.6) is 0 Å². The monoisotopic (exact) mass is 332 g/mol. The number of rotatable bonds is 5. The topological polar surface area (TPSA) is 77.5 Å². The molecule has 0 aromatic heterocycles. The lowest BCUT2D eigenvalue weighted by Gasteiger charge is -2.05. The molecule has 120 valence electrons. The predicted octanol–water partition coefficient (Wildman–Crippen LogP) is 2.44. The molecule has 2 aromatic rings. The van der Waals surface area contributed by atoms with Crippen molar-refractivity contribution in [3.8, 4) is 0 Å². The first-order valence-corrected chi connectivity index (χ1v) is 8.50. The molecule has 0 aliphatic heterocycles. The van der Waals surface area contributed by atoms with Gasteiger partial charge >= 0.3 is 5.97 Å². The highest BCUT2D eigenvalue weighted by Crippen LogP contribution is 2.15. The van der Waals surface area contributed by atoms with Gasteiger partial charge in [0.05, 0.1) is 17.6 Å². The number of hydrogen-bond acceptors (Lipinski definition) is 5. The van der Waals surface area contributed by atoms with Crippen LogP contribution in [0.15, 0.2) is 53.4 Å². The summed E-state index contributed by atoms with van der Waals surface area (Å²) in [6, 6.07) is 12.0. The number of sulfone groups is 1. The van der Waals surface area contributed by atoms with Crippen LogP contribution in [0.1, 0.15) is 26.3 Å². The molecule has 0 unspecified atom stereocenters. The fourth-order valence-electron chi connectivity index (χ4n) is 1.99. The van der Waals surface area contributed by atoms with Crippen molar-refractivity contribution < 1.29 is 22.7 Å². The molecule has 0 bridgehead atoms. The van der Waals surface area contributed by atoms with Gasteiger partial charge in [0.15, 0.2) is 15.6 Å². The zero-order chi connectivity index (χ0) is 17.0. The van der Waals surface area contributed by atoms with Crippen LogP contribution < -0.4 is 0 Å². The maximum absolute atomic E-state index is 12.3. The summed E-state index contributed by atoms with van der Waals surface area (Å²) in [4.78, 5) is 23.6. The van der Waals surface area contributed by atoms with Gasteiger partial charge in [-0.3, -0.25) is 4.79 Å². The first-order chi connectivity index (χ1) is 10.8. The second-order valence-electron chi connectivity index (χ2n) is 5.06. The van der Waals surface area contributed by atoms with Gasteiger partial charge in [0.25, 0.3) is 0 Å². The van der Waals surface area contributed by atoms with Crippen molar-refractivity contribution in [1.82, 2.24) is 0 Å². The summed E-state index contributed by atoms with van der Waals surface area (Å²) in [5.74, 6) is -1.66. The van der Waals surface area contributed by atoms with Gasteiger partial charge in [-0.1, -0.05) is 29.8 Å². The van der Waals surface area contributed by atoms with Gasteiger partial charge in [0, 0.05) is 5.56 Å². The summed E-state index contributed by atoms with van der Waals surface area (Å²) in [5.41, 5.74) is 1.47. The van der Waals surface area contributed by atoms with E-state index in [1.54, 1.807) is 12.1 Å². The molecule has 0 aliphatic rings. The van der Waals surface area contributed by atoms with Crippen molar-refractivity contribution in [3.63, 3.8) is 0 Å². The standard InChI is InChI=1S/C17H16O5S/c1-12-3-9-15(10-4-12)23(20,21)11-16(18)13-5-7-14(8-6-13)17(19)22-2/h3-10H,11H2,1-2H3. The number of benzene rings is 2. The molecule has 0 saturated heterocycles. The molecule has 0 fully saturated rings. The molecule has 0 N–H and O–H groups in total. The van der Waals surface area contributed by atoms with E-state index < -0.39 is 27.3 Å². The van der Waals surface area contributed by atoms with Crippen molar-refractivity contribution in [3.05, 3.63) is 65.2 Å². The van der Waals surface area contributed by atoms with Crippen LogP contribution in [0.4, 0.5) is 0 Å². The van der Waals surface area contributed by atoms with E-state index >= 15 is 0 Å². The number of esters is 1. The second kappa shape index (κ2) is 6.75. The summed E-state index contributed by atoms with van der Waals surface area (Å²) < 4.78 is 29.1. The Kier molecular flexibility index (Phi) is 4.95. The van der Waals surface area contributed by atoms with Crippen molar-refractivity contribution in [2.45, 2.75) is 11.8 Å². The average Bonchev–Trinajstić information content (AvgIpc) is 2.54. The maximum Gasteiger partial charge on any atom is 0.337 e. The molecule has 0 saturated carbocycles. The number of carbonyl (C=O) groups excluding carboxylic acids is 2. The maximum atomic E-state index is 12.3. The van der Waals surface area contributed by atoms with Gasteiger partial charge in [-0.2, -0.15) is 0 Å². The summed E-state index contributed by atoms with van der Waals surface area (Å²) in [7, 11) is -2.44. The van der Waals surface area contributed by atoms with Crippen molar-refractivity contribution in [2.24, 2.45) is 0 Å². The van der Waals surface area contributed by atoms with Gasteiger partial charge in [-0.05, 0) is 31.2 Å². The smallest absolute Gasteiger partial charge is 0.337 e. The first kappa shape index (κ1) is 16.9. The summed E-state index contributed by atoms with van der Waals surface area (Å²) in [6.45, 7) is 1.85. The fourth-order valence-corrected chi connectivity index (χ4v) is 3.22. The minimum Gasteiger partial charge on any atom is -0.465 e. The molecule has 0 radical (unpaired) electrons. The quantitative estimate of drug-likeness (QED) is 0.621. The molecular weight excluding hydrogens is 316 g/mol. The van der Waals surface area contributed by atoms with E-state index in [1.807, 2.05) is 6.92 Å². The lowest BCUT2D eigenvalue weighted by atomic mass is 10.1. The summed E-state index contributed by atoms with van der Waals surface area (Å²) >= 11 is 0. The van der Waals surface area contributed by atoms with Gasteiger partial charge < -0.3 is 4.74 Å². The number of ketones is 1. The average molecular weight is 332 g/mol. The molecule has 5 nitrogen and oxygen atoms in total. The highest BCUT2D eigenvalue weighted by atomic mass is 32.2. The number of Topliss-reactive ketones (excluding diaryl/α,β-unsaturated/α-hetero) is 1. The second-order valence-corrected chi connectivity index (χ2v) is 7.05. The number of hydrogen-bond donors (Lipinski definition) is 0. The predicted molar refractivity (Wildman–Crippen MR) is 85.3 cm³/mol. The van der Waals surface area contributed by atoms with E-state index in [4.69, 9.17) is 0 Å². The molecule has 23 heavy (non-hydrogen) atoms. The van der Waals surface area contributed by atoms with Crippen LogP contribution in [0, 0.1) is 6.92 Å². The molecule has 0 spiro atoms. The third-order valence-corrected chi connectivity index (χ3v) is 4.96. The van der Waals surface area contributed by atoms with Crippen LogP contribution >= 0.6 is 0 Å². The molecule has 2 aromatic carbocycles. The largest absolute Gasteiger partial charge is 0.465 e. The molecule has 6 heteroatoms. The lowest BCUT2D eigenvalue weighted by molar-refractivity contribution is 0.0600. The number of methoxy groups -OCH3 is 1. The normalized spacial score (nSPS) is 11.0. The Balaban J connectivity index is 2.18. The van der Waals surface area contributed by atoms with Crippen LogP contribution in [0.25, 0.3) is 0 Å². The van der Waals surface area contributed by atoms with Gasteiger partial charge in [0.2, 0.25) is 0 Å². The highest BCUT2D eigenvalue weighted by molar-refractivity contribution is 7.92. The third kappa shape index (κ3) is 4.04. The zero-order valence-electron chi connectivity index (χ0n) is 12.8.